The van der Waals surface area contributed by atoms with Gasteiger partial charge >= 0.3 is 10.1 Å². The van der Waals surface area contributed by atoms with Crippen molar-refractivity contribution in [3.8, 4) is 0 Å². The third-order valence-electron chi connectivity index (χ3n) is 2.20. The molecule has 0 saturated heterocycles. The number of hydrogen-bond donors (Lipinski definition) is 1. The lowest BCUT2D eigenvalue weighted by atomic mass is 10.2. The van der Waals surface area contributed by atoms with Gasteiger partial charge in [0, 0.05) is 13.0 Å². The Morgan fingerprint density at radius 1 is 1.46 bits per heavy atom. The minimum atomic E-state index is -4.10. The lowest BCUT2D eigenvalue weighted by Crippen LogP contribution is -2.15. The van der Waals surface area contributed by atoms with Crippen LogP contribution in [0.1, 0.15) is 18.7 Å². The third-order valence-corrected chi connectivity index (χ3v) is 3.05. The van der Waals surface area contributed by atoms with Crippen LogP contribution in [0.15, 0.2) is 11.2 Å². The molecule has 0 bridgehead atoms. The van der Waals surface area contributed by atoms with Crippen LogP contribution in [0.25, 0.3) is 0 Å². The lowest BCUT2D eigenvalue weighted by Gasteiger charge is -2.14. The van der Waals surface area contributed by atoms with Crippen molar-refractivity contribution in [2.24, 2.45) is 0 Å². The van der Waals surface area contributed by atoms with Crippen molar-refractivity contribution in [2.75, 3.05) is 0 Å². The Morgan fingerprint density at radius 3 is 2.92 bits per heavy atom. The molecule has 72 valence electrons. The Labute approximate surface area is 76.2 Å². The smallest absolute Gasteiger partial charge is 0.311 e. The summed E-state index contributed by atoms with van der Waals surface area (Å²) in [5, 5.41) is -0.0813. The SMILES string of the molecule is O=S(=O)(O)c1cnc2n1CCCC2. The van der Waals surface area contributed by atoms with Crippen LogP contribution in [-0.4, -0.2) is 22.5 Å². The van der Waals surface area contributed by atoms with Crippen LogP contribution in [0, 0.1) is 0 Å². The van der Waals surface area contributed by atoms with E-state index >= 15 is 0 Å². The highest BCUT2D eigenvalue weighted by Gasteiger charge is 2.21. The van der Waals surface area contributed by atoms with Crippen LogP contribution >= 0.6 is 0 Å². The minimum absolute atomic E-state index is 0.0813. The lowest BCUT2D eigenvalue weighted by molar-refractivity contribution is 0.448. The predicted molar refractivity (Wildman–Crippen MR) is 45.0 cm³/mol. The number of imidazole rings is 1. The molecule has 2 heterocycles. The van der Waals surface area contributed by atoms with Gasteiger partial charge in [-0.15, -0.1) is 0 Å². The molecule has 0 radical (unpaired) electrons. The molecule has 1 N–H and O–H groups in total. The first kappa shape index (κ1) is 8.71. The van der Waals surface area contributed by atoms with E-state index in [1.165, 1.54) is 6.20 Å². The largest absolute Gasteiger partial charge is 0.317 e. The number of rotatable bonds is 1. The van der Waals surface area contributed by atoms with Crippen molar-refractivity contribution in [1.29, 1.82) is 0 Å². The average Bonchev–Trinajstić information content (AvgIpc) is 2.45. The Kier molecular flexibility index (Phi) is 1.88. The number of hydrogen-bond acceptors (Lipinski definition) is 3. The molecule has 0 saturated carbocycles. The van der Waals surface area contributed by atoms with Gasteiger partial charge in [-0.2, -0.15) is 8.42 Å². The zero-order chi connectivity index (χ0) is 9.47. The van der Waals surface area contributed by atoms with E-state index in [1.807, 2.05) is 0 Å². The summed E-state index contributed by atoms with van der Waals surface area (Å²) >= 11 is 0. The van der Waals surface area contributed by atoms with Gasteiger partial charge < -0.3 is 4.57 Å². The molecule has 0 aromatic carbocycles. The summed E-state index contributed by atoms with van der Waals surface area (Å²) in [6.45, 7) is 0.629. The first-order valence-electron chi connectivity index (χ1n) is 4.11. The summed E-state index contributed by atoms with van der Waals surface area (Å²) in [6.07, 6.45) is 3.97. The highest BCUT2D eigenvalue weighted by Crippen LogP contribution is 2.18. The van der Waals surface area contributed by atoms with Gasteiger partial charge in [0.05, 0.1) is 6.20 Å². The maximum Gasteiger partial charge on any atom is 0.311 e. The van der Waals surface area contributed by atoms with Crippen LogP contribution in [-0.2, 0) is 23.1 Å². The van der Waals surface area contributed by atoms with Crippen molar-refractivity contribution in [3.05, 3.63) is 12.0 Å². The summed E-state index contributed by atoms with van der Waals surface area (Å²) < 4.78 is 32.1. The van der Waals surface area contributed by atoms with E-state index < -0.39 is 10.1 Å². The van der Waals surface area contributed by atoms with Crippen molar-refractivity contribution < 1.29 is 13.0 Å². The normalized spacial score (nSPS) is 17.0. The zero-order valence-electron chi connectivity index (χ0n) is 6.97. The minimum Gasteiger partial charge on any atom is -0.317 e. The van der Waals surface area contributed by atoms with Gasteiger partial charge in [0.1, 0.15) is 5.82 Å². The molecule has 0 amide bonds. The second-order valence-electron chi connectivity index (χ2n) is 3.10. The number of fused-ring (bicyclic) bond motifs is 1. The Balaban J connectivity index is 2.55. The van der Waals surface area contributed by atoms with Gasteiger partial charge in [0.2, 0.25) is 0 Å². The average molecular weight is 202 g/mol. The second kappa shape index (κ2) is 2.81. The summed E-state index contributed by atoms with van der Waals surface area (Å²) in [6, 6.07) is 0. The number of aromatic nitrogens is 2. The highest BCUT2D eigenvalue weighted by molar-refractivity contribution is 7.85. The summed E-state index contributed by atoms with van der Waals surface area (Å²) in [4.78, 5) is 3.95. The Bertz CT molecular complexity index is 421. The fourth-order valence-corrected chi connectivity index (χ4v) is 2.26. The predicted octanol–water partition coefficient (Wildman–Crippen LogP) is 0.466. The van der Waals surface area contributed by atoms with Gasteiger partial charge in [0.25, 0.3) is 0 Å². The van der Waals surface area contributed by atoms with Crippen LogP contribution < -0.4 is 0 Å². The van der Waals surface area contributed by atoms with Crippen molar-refractivity contribution in [2.45, 2.75) is 30.8 Å². The molecule has 1 aliphatic rings. The molecule has 5 nitrogen and oxygen atoms in total. The first-order chi connectivity index (χ1) is 6.09. The van der Waals surface area contributed by atoms with Gasteiger partial charge in [-0.05, 0) is 12.8 Å². The molecule has 1 aromatic rings. The molecule has 0 spiro atoms. The highest BCUT2D eigenvalue weighted by atomic mass is 32.2. The molecule has 2 rings (SSSR count). The second-order valence-corrected chi connectivity index (χ2v) is 4.46. The molecule has 1 aromatic heterocycles. The Morgan fingerprint density at radius 2 is 2.23 bits per heavy atom. The number of nitrogens with zero attached hydrogens (tertiary/aromatic N) is 2. The van der Waals surface area contributed by atoms with Crippen molar-refractivity contribution in [3.63, 3.8) is 0 Å². The van der Waals surface area contributed by atoms with Crippen LogP contribution in [0.5, 0.6) is 0 Å². The topological polar surface area (TPSA) is 72.2 Å². The summed E-state index contributed by atoms with van der Waals surface area (Å²) in [5.74, 6) is 0.749. The maximum atomic E-state index is 10.9. The van der Waals surface area contributed by atoms with E-state index in [4.69, 9.17) is 4.55 Å². The molecule has 0 fully saturated rings. The van der Waals surface area contributed by atoms with Gasteiger partial charge in [0.15, 0.2) is 5.03 Å². The standard InChI is InChI=1S/C7H10N2O3S/c10-13(11,12)7-5-8-6-3-1-2-4-9(6)7/h5H,1-4H2,(H,10,11,12). The van der Waals surface area contributed by atoms with E-state index in [0.717, 1.165) is 25.1 Å². The van der Waals surface area contributed by atoms with E-state index in [9.17, 15) is 8.42 Å². The van der Waals surface area contributed by atoms with Crippen LogP contribution in [0.4, 0.5) is 0 Å². The van der Waals surface area contributed by atoms with Gasteiger partial charge in [-0.3, -0.25) is 4.55 Å². The quantitative estimate of drug-likeness (QED) is 0.672. The Hall–Kier alpha value is -0.880. The first-order valence-corrected chi connectivity index (χ1v) is 5.55. The zero-order valence-corrected chi connectivity index (χ0v) is 7.79. The molecule has 0 atom stereocenters. The van der Waals surface area contributed by atoms with E-state index in [2.05, 4.69) is 4.98 Å². The summed E-state index contributed by atoms with van der Waals surface area (Å²) in [7, 11) is -4.10. The fraction of sp³-hybridized carbons (Fsp3) is 0.571. The van der Waals surface area contributed by atoms with E-state index in [0.29, 0.717) is 6.54 Å². The molecular formula is C7H10N2O3S. The molecule has 1 aliphatic heterocycles. The van der Waals surface area contributed by atoms with Gasteiger partial charge in [-0.25, -0.2) is 4.98 Å². The van der Waals surface area contributed by atoms with Crippen LogP contribution in [0.2, 0.25) is 0 Å². The molecule has 13 heavy (non-hydrogen) atoms. The molecule has 6 heteroatoms. The third kappa shape index (κ3) is 1.47. The monoisotopic (exact) mass is 202 g/mol. The maximum absolute atomic E-state index is 10.9. The summed E-state index contributed by atoms with van der Waals surface area (Å²) in [5.41, 5.74) is 0. The number of aryl methyl sites for hydroxylation is 1. The molecular weight excluding hydrogens is 192 g/mol. The molecule has 0 unspecified atom stereocenters. The fourth-order valence-electron chi connectivity index (χ4n) is 1.59. The van der Waals surface area contributed by atoms with Crippen molar-refractivity contribution >= 4 is 10.1 Å². The van der Waals surface area contributed by atoms with Gasteiger partial charge in [-0.1, -0.05) is 0 Å². The molecule has 0 aliphatic carbocycles. The van der Waals surface area contributed by atoms with E-state index in [1.54, 1.807) is 4.57 Å². The van der Waals surface area contributed by atoms with Crippen LogP contribution in [0.3, 0.4) is 0 Å². The van der Waals surface area contributed by atoms with E-state index in [-0.39, 0.29) is 5.03 Å². The van der Waals surface area contributed by atoms with Crippen molar-refractivity contribution in [1.82, 2.24) is 9.55 Å².